The predicted molar refractivity (Wildman–Crippen MR) is 82.0 cm³/mol. The van der Waals surface area contributed by atoms with Crippen LogP contribution in [0.1, 0.15) is 58.3 Å². The number of carbonyl (C=O) groups excluding carboxylic acids is 3. The van der Waals surface area contributed by atoms with Gasteiger partial charge >= 0.3 is 5.97 Å². The number of hydrogen-bond acceptors (Lipinski definition) is 5. The van der Waals surface area contributed by atoms with Gasteiger partial charge in [0.1, 0.15) is 11.6 Å². The van der Waals surface area contributed by atoms with Crippen LogP contribution in [0.5, 0.6) is 0 Å². The molecule has 0 aliphatic carbocycles. The fraction of sp³-hybridized carbons (Fsp3) is 0.800. The van der Waals surface area contributed by atoms with E-state index in [1.807, 2.05) is 6.26 Å². The minimum absolute atomic E-state index is 0.157. The highest BCUT2D eigenvalue weighted by Crippen LogP contribution is 2.05. The molecule has 0 aromatic carbocycles. The van der Waals surface area contributed by atoms with Crippen molar-refractivity contribution in [2.45, 2.75) is 58.3 Å². The summed E-state index contributed by atoms with van der Waals surface area (Å²) in [7, 11) is 0. The fourth-order valence-electron chi connectivity index (χ4n) is 1.67. The summed E-state index contributed by atoms with van der Waals surface area (Å²) in [5.74, 6) is 1.12. The average molecular weight is 302 g/mol. The van der Waals surface area contributed by atoms with E-state index in [0.29, 0.717) is 38.7 Å². The van der Waals surface area contributed by atoms with E-state index in [0.717, 1.165) is 25.0 Å². The maximum absolute atomic E-state index is 11.4. The first-order valence-corrected chi connectivity index (χ1v) is 8.61. The first kappa shape index (κ1) is 19.2. The Labute approximate surface area is 126 Å². The highest BCUT2D eigenvalue weighted by molar-refractivity contribution is 7.98. The van der Waals surface area contributed by atoms with Crippen molar-refractivity contribution in [3.05, 3.63) is 0 Å². The lowest BCUT2D eigenvalue weighted by Crippen LogP contribution is -2.07. The summed E-state index contributed by atoms with van der Waals surface area (Å²) >= 11 is 1.68. The standard InChI is InChI=1S/C15H26O4S/c1-13(16)7-3-4-9-15(18)19-11-6-5-8-14(17)10-12-20-2/h3-12H2,1-2H3. The lowest BCUT2D eigenvalue weighted by atomic mass is 10.1. The lowest BCUT2D eigenvalue weighted by Gasteiger charge is -2.04. The molecule has 0 aliphatic heterocycles. The number of ether oxygens (including phenoxy) is 1. The van der Waals surface area contributed by atoms with Crippen LogP contribution in [0.25, 0.3) is 0 Å². The molecule has 0 rings (SSSR count). The van der Waals surface area contributed by atoms with Gasteiger partial charge in [0.15, 0.2) is 0 Å². The number of Topliss-reactive ketones (excluding diaryl/α,β-unsaturated/α-hetero) is 2. The van der Waals surface area contributed by atoms with Crippen LogP contribution < -0.4 is 0 Å². The van der Waals surface area contributed by atoms with Crippen LogP contribution in [0, 0.1) is 0 Å². The van der Waals surface area contributed by atoms with Crippen molar-refractivity contribution in [3.8, 4) is 0 Å². The Morgan fingerprint density at radius 2 is 1.55 bits per heavy atom. The summed E-state index contributed by atoms with van der Waals surface area (Å²) in [4.78, 5) is 33.4. The van der Waals surface area contributed by atoms with E-state index in [1.54, 1.807) is 18.7 Å². The van der Waals surface area contributed by atoms with Gasteiger partial charge in [-0.3, -0.25) is 9.59 Å². The van der Waals surface area contributed by atoms with E-state index in [4.69, 9.17) is 4.74 Å². The van der Waals surface area contributed by atoms with Crippen LogP contribution in [-0.4, -0.2) is 36.2 Å². The first-order valence-electron chi connectivity index (χ1n) is 7.22. The van der Waals surface area contributed by atoms with E-state index in [-0.39, 0.29) is 17.5 Å². The minimum Gasteiger partial charge on any atom is -0.466 e. The van der Waals surface area contributed by atoms with E-state index in [1.165, 1.54) is 0 Å². The molecule has 0 saturated carbocycles. The molecule has 0 fully saturated rings. The minimum atomic E-state index is -0.206. The summed E-state index contributed by atoms with van der Waals surface area (Å²) in [5, 5.41) is 0. The van der Waals surface area contributed by atoms with Gasteiger partial charge in [0, 0.05) is 25.7 Å². The highest BCUT2D eigenvalue weighted by atomic mass is 32.2. The van der Waals surface area contributed by atoms with Gasteiger partial charge in [0.05, 0.1) is 6.61 Å². The predicted octanol–water partition coefficient (Wildman–Crippen LogP) is 3.17. The molecule has 4 nitrogen and oxygen atoms in total. The summed E-state index contributed by atoms with van der Waals surface area (Å²) in [6.45, 7) is 1.94. The van der Waals surface area contributed by atoms with Gasteiger partial charge in [-0.25, -0.2) is 0 Å². The molecule has 0 aliphatic rings. The van der Waals surface area contributed by atoms with Crippen molar-refractivity contribution in [2.24, 2.45) is 0 Å². The molecule has 0 spiro atoms. The number of rotatable bonds is 13. The van der Waals surface area contributed by atoms with Gasteiger partial charge in [0.2, 0.25) is 0 Å². The van der Waals surface area contributed by atoms with Gasteiger partial charge in [-0.05, 0) is 44.6 Å². The monoisotopic (exact) mass is 302 g/mol. The van der Waals surface area contributed by atoms with Gasteiger partial charge < -0.3 is 9.53 Å². The Morgan fingerprint density at radius 3 is 2.20 bits per heavy atom. The number of thioether (sulfide) groups is 1. The molecule has 0 aromatic rings. The van der Waals surface area contributed by atoms with Crippen molar-refractivity contribution in [2.75, 3.05) is 18.6 Å². The molecular weight excluding hydrogens is 276 g/mol. The number of carbonyl (C=O) groups is 3. The SMILES string of the molecule is CSCCC(=O)CCCCOC(=O)CCCCC(C)=O. The molecule has 0 saturated heterocycles. The third kappa shape index (κ3) is 13.6. The molecule has 0 unspecified atom stereocenters. The summed E-state index contributed by atoms with van der Waals surface area (Å²) in [6, 6.07) is 0. The Hall–Kier alpha value is -0.840. The van der Waals surface area contributed by atoms with Gasteiger partial charge in [-0.15, -0.1) is 0 Å². The molecule has 0 amide bonds. The second-order valence-electron chi connectivity index (χ2n) is 4.87. The Balaban J connectivity index is 3.35. The van der Waals surface area contributed by atoms with Crippen LogP contribution in [-0.2, 0) is 19.1 Å². The Kier molecular flexibility index (Phi) is 12.6. The number of esters is 1. The molecule has 0 N–H and O–H groups in total. The van der Waals surface area contributed by atoms with Crippen molar-refractivity contribution >= 4 is 29.3 Å². The van der Waals surface area contributed by atoms with Crippen LogP contribution in [0.4, 0.5) is 0 Å². The molecule has 5 heteroatoms. The number of hydrogen-bond donors (Lipinski definition) is 0. The van der Waals surface area contributed by atoms with Gasteiger partial charge in [-0.2, -0.15) is 11.8 Å². The first-order chi connectivity index (χ1) is 9.56. The molecule has 0 aromatic heterocycles. The molecule has 116 valence electrons. The van der Waals surface area contributed by atoms with Crippen molar-refractivity contribution in [3.63, 3.8) is 0 Å². The zero-order valence-corrected chi connectivity index (χ0v) is 13.4. The third-order valence-corrected chi connectivity index (χ3v) is 3.47. The topological polar surface area (TPSA) is 60.4 Å². The molecule has 0 bridgehead atoms. The van der Waals surface area contributed by atoms with Crippen molar-refractivity contribution < 1.29 is 19.1 Å². The van der Waals surface area contributed by atoms with Crippen molar-refractivity contribution in [1.29, 1.82) is 0 Å². The summed E-state index contributed by atoms with van der Waals surface area (Å²) < 4.78 is 5.07. The van der Waals surface area contributed by atoms with Crippen LogP contribution in [0.2, 0.25) is 0 Å². The average Bonchev–Trinajstić information content (AvgIpc) is 2.40. The normalized spacial score (nSPS) is 10.3. The number of unbranched alkanes of at least 4 members (excludes halogenated alkanes) is 2. The second-order valence-corrected chi connectivity index (χ2v) is 5.85. The largest absolute Gasteiger partial charge is 0.466 e. The van der Waals surface area contributed by atoms with Gasteiger partial charge in [0.25, 0.3) is 0 Å². The third-order valence-electron chi connectivity index (χ3n) is 2.86. The second kappa shape index (κ2) is 13.2. The van der Waals surface area contributed by atoms with Crippen LogP contribution >= 0.6 is 11.8 Å². The van der Waals surface area contributed by atoms with Crippen LogP contribution in [0.15, 0.2) is 0 Å². The van der Waals surface area contributed by atoms with E-state index >= 15 is 0 Å². The lowest BCUT2D eigenvalue weighted by molar-refractivity contribution is -0.144. The summed E-state index contributed by atoms with van der Waals surface area (Å²) in [5.41, 5.74) is 0. The van der Waals surface area contributed by atoms with Gasteiger partial charge in [-0.1, -0.05) is 0 Å². The van der Waals surface area contributed by atoms with Crippen LogP contribution in [0.3, 0.4) is 0 Å². The van der Waals surface area contributed by atoms with Crippen molar-refractivity contribution in [1.82, 2.24) is 0 Å². The Morgan fingerprint density at radius 1 is 0.900 bits per heavy atom. The maximum Gasteiger partial charge on any atom is 0.305 e. The fourth-order valence-corrected chi connectivity index (χ4v) is 2.10. The molecular formula is C15H26O4S. The summed E-state index contributed by atoms with van der Waals surface area (Å²) in [6.07, 6.45) is 7.08. The molecule has 0 radical (unpaired) electrons. The maximum atomic E-state index is 11.4. The van der Waals surface area contributed by atoms with E-state index in [2.05, 4.69) is 0 Å². The zero-order valence-electron chi connectivity index (χ0n) is 12.6. The highest BCUT2D eigenvalue weighted by Gasteiger charge is 2.04. The molecule has 20 heavy (non-hydrogen) atoms. The molecule has 0 heterocycles. The number of ketones is 2. The Bertz CT molecular complexity index is 302. The smallest absolute Gasteiger partial charge is 0.305 e. The van der Waals surface area contributed by atoms with E-state index in [9.17, 15) is 14.4 Å². The zero-order chi connectivity index (χ0) is 15.2. The quantitative estimate of drug-likeness (QED) is 0.386. The molecule has 0 atom stereocenters. The van der Waals surface area contributed by atoms with E-state index < -0.39 is 0 Å².